The number of sulfone groups is 1. The fourth-order valence-electron chi connectivity index (χ4n) is 1.81. The molecule has 1 heterocycles. The molecule has 0 aromatic rings. The molecule has 5 heteroatoms. The summed E-state index contributed by atoms with van der Waals surface area (Å²) in [5.74, 6) is 1.76. The molecule has 0 bridgehead atoms. The van der Waals surface area contributed by atoms with Crippen molar-refractivity contribution in [3.8, 4) is 0 Å². The highest BCUT2D eigenvalue weighted by Crippen LogP contribution is 2.29. The number of hydrogen-bond acceptors (Lipinski definition) is 4. The third-order valence-electron chi connectivity index (χ3n) is 2.88. The Kier molecular flexibility index (Phi) is 5.43. The second-order valence-corrected chi connectivity index (χ2v) is 7.91. The van der Waals surface area contributed by atoms with E-state index in [1.54, 1.807) is 6.92 Å². The van der Waals surface area contributed by atoms with Gasteiger partial charge in [-0.25, -0.2) is 8.42 Å². The van der Waals surface area contributed by atoms with E-state index in [1.165, 1.54) is 18.6 Å². The second-order valence-electron chi connectivity index (χ2n) is 4.09. The quantitative estimate of drug-likeness (QED) is 0.775. The van der Waals surface area contributed by atoms with Gasteiger partial charge >= 0.3 is 0 Å². The molecule has 3 nitrogen and oxygen atoms in total. The molecule has 0 spiro atoms. The average Bonchev–Trinajstić information content (AvgIpc) is 2.70. The summed E-state index contributed by atoms with van der Waals surface area (Å²) in [5, 5.41) is 0.564. The van der Waals surface area contributed by atoms with Crippen LogP contribution in [-0.4, -0.2) is 37.0 Å². The second kappa shape index (κ2) is 6.11. The first-order chi connectivity index (χ1) is 7.05. The Morgan fingerprint density at radius 3 is 2.80 bits per heavy atom. The largest absolute Gasteiger partial charge is 0.327 e. The van der Waals surface area contributed by atoms with Crippen molar-refractivity contribution in [2.75, 3.05) is 17.3 Å². The molecule has 0 aliphatic carbocycles. The molecule has 1 fully saturated rings. The van der Waals surface area contributed by atoms with Crippen LogP contribution in [0, 0.1) is 0 Å². The summed E-state index contributed by atoms with van der Waals surface area (Å²) in [6.45, 7) is 1.70. The van der Waals surface area contributed by atoms with Crippen LogP contribution in [0.4, 0.5) is 0 Å². The van der Waals surface area contributed by atoms with Crippen LogP contribution >= 0.6 is 11.8 Å². The molecule has 2 atom stereocenters. The van der Waals surface area contributed by atoms with Crippen molar-refractivity contribution < 1.29 is 8.42 Å². The zero-order chi connectivity index (χ0) is 11.3. The SMILES string of the molecule is CCS(=O)(=O)CCCC(N)C1CCCS1. The van der Waals surface area contributed by atoms with Gasteiger partial charge in [-0.3, -0.25) is 0 Å². The van der Waals surface area contributed by atoms with E-state index in [4.69, 9.17) is 5.73 Å². The van der Waals surface area contributed by atoms with Gasteiger partial charge in [0, 0.05) is 17.0 Å². The zero-order valence-electron chi connectivity index (χ0n) is 9.31. The van der Waals surface area contributed by atoms with Crippen LogP contribution in [0.15, 0.2) is 0 Å². The summed E-state index contributed by atoms with van der Waals surface area (Å²) in [7, 11) is -2.80. The van der Waals surface area contributed by atoms with Crippen LogP contribution in [0.1, 0.15) is 32.6 Å². The van der Waals surface area contributed by atoms with E-state index in [2.05, 4.69) is 0 Å². The molecule has 2 N–H and O–H groups in total. The van der Waals surface area contributed by atoms with Gasteiger partial charge in [0.25, 0.3) is 0 Å². The van der Waals surface area contributed by atoms with Crippen LogP contribution in [0.25, 0.3) is 0 Å². The lowest BCUT2D eigenvalue weighted by Gasteiger charge is -2.17. The first-order valence-electron chi connectivity index (χ1n) is 5.63. The fourth-order valence-corrected chi connectivity index (χ4v) is 4.06. The Bertz CT molecular complexity index is 271. The summed E-state index contributed by atoms with van der Waals surface area (Å²) in [6.07, 6.45) is 4.02. The normalized spacial score (nSPS) is 24.3. The Labute approximate surface area is 97.1 Å². The van der Waals surface area contributed by atoms with Crippen molar-refractivity contribution in [3.63, 3.8) is 0 Å². The van der Waals surface area contributed by atoms with Gasteiger partial charge in [0.2, 0.25) is 0 Å². The number of hydrogen-bond donors (Lipinski definition) is 1. The molecular formula is C10H21NO2S2. The van der Waals surface area contributed by atoms with E-state index in [9.17, 15) is 8.42 Å². The standard InChI is InChI=1S/C10H21NO2S2/c1-2-15(12,13)8-4-5-9(11)10-6-3-7-14-10/h9-10H,2-8,11H2,1H3. The van der Waals surface area contributed by atoms with Crippen molar-refractivity contribution >= 4 is 21.6 Å². The van der Waals surface area contributed by atoms with Crippen LogP contribution < -0.4 is 5.73 Å². The molecular weight excluding hydrogens is 230 g/mol. The highest BCUT2D eigenvalue weighted by molar-refractivity contribution is 8.00. The van der Waals surface area contributed by atoms with Crippen molar-refractivity contribution in [2.45, 2.75) is 43.9 Å². The number of thioether (sulfide) groups is 1. The molecule has 1 aliphatic rings. The first-order valence-corrected chi connectivity index (χ1v) is 8.50. The van der Waals surface area contributed by atoms with Gasteiger partial charge in [0.05, 0.1) is 5.75 Å². The average molecular weight is 251 g/mol. The van der Waals surface area contributed by atoms with Gasteiger partial charge in [-0.05, 0) is 31.4 Å². The first kappa shape index (κ1) is 13.3. The lowest BCUT2D eigenvalue weighted by molar-refractivity contribution is 0.553. The van der Waals surface area contributed by atoms with E-state index in [-0.39, 0.29) is 11.8 Å². The van der Waals surface area contributed by atoms with Crippen molar-refractivity contribution in [1.82, 2.24) is 0 Å². The Morgan fingerprint density at radius 2 is 2.27 bits per heavy atom. The van der Waals surface area contributed by atoms with Crippen LogP contribution in [0.5, 0.6) is 0 Å². The minimum absolute atomic E-state index is 0.185. The molecule has 1 saturated heterocycles. The Hall–Kier alpha value is 0.260. The summed E-state index contributed by atoms with van der Waals surface area (Å²) < 4.78 is 22.5. The van der Waals surface area contributed by atoms with Crippen LogP contribution in [0.2, 0.25) is 0 Å². The molecule has 90 valence electrons. The molecule has 0 aromatic carbocycles. The predicted octanol–water partition coefficient (Wildman–Crippen LogP) is 1.42. The Morgan fingerprint density at radius 1 is 1.53 bits per heavy atom. The van der Waals surface area contributed by atoms with Gasteiger partial charge in [-0.15, -0.1) is 0 Å². The van der Waals surface area contributed by atoms with Crippen LogP contribution in [-0.2, 0) is 9.84 Å². The predicted molar refractivity (Wildman–Crippen MR) is 67.0 cm³/mol. The maximum atomic E-state index is 11.3. The fraction of sp³-hybridized carbons (Fsp3) is 1.00. The van der Waals surface area contributed by atoms with Gasteiger partial charge in [0.15, 0.2) is 0 Å². The third-order valence-corrected chi connectivity index (χ3v) is 6.20. The summed E-state index contributed by atoms with van der Waals surface area (Å²) in [5.41, 5.74) is 6.03. The molecule has 2 unspecified atom stereocenters. The maximum absolute atomic E-state index is 11.3. The Balaban J connectivity index is 2.19. The zero-order valence-corrected chi connectivity index (χ0v) is 10.9. The topological polar surface area (TPSA) is 60.2 Å². The summed E-state index contributed by atoms with van der Waals surface area (Å²) >= 11 is 1.94. The summed E-state index contributed by atoms with van der Waals surface area (Å²) in [6, 6.07) is 0.185. The number of nitrogens with two attached hydrogens (primary N) is 1. The molecule has 15 heavy (non-hydrogen) atoms. The van der Waals surface area contributed by atoms with Gasteiger partial charge < -0.3 is 5.73 Å². The minimum Gasteiger partial charge on any atom is -0.327 e. The van der Waals surface area contributed by atoms with E-state index >= 15 is 0 Å². The van der Waals surface area contributed by atoms with Crippen molar-refractivity contribution in [3.05, 3.63) is 0 Å². The third kappa shape index (κ3) is 4.74. The van der Waals surface area contributed by atoms with Crippen molar-refractivity contribution in [2.24, 2.45) is 5.73 Å². The molecule has 1 rings (SSSR count). The molecule has 0 amide bonds. The molecule has 0 radical (unpaired) electrons. The monoisotopic (exact) mass is 251 g/mol. The smallest absolute Gasteiger partial charge is 0.150 e. The molecule has 1 aliphatic heterocycles. The molecule has 0 aromatic heterocycles. The lowest BCUT2D eigenvalue weighted by Crippen LogP contribution is -2.31. The van der Waals surface area contributed by atoms with Gasteiger partial charge in [0.1, 0.15) is 9.84 Å². The van der Waals surface area contributed by atoms with E-state index in [1.807, 2.05) is 11.8 Å². The highest BCUT2D eigenvalue weighted by atomic mass is 32.2. The minimum atomic E-state index is -2.80. The molecule has 0 saturated carbocycles. The highest BCUT2D eigenvalue weighted by Gasteiger charge is 2.22. The van der Waals surface area contributed by atoms with E-state index in [0.29, 0.717) is 17.4 Å². The van der Waals surface area contributed by atoms with E-state index < -0.39 is 9.84 Å². The van der Waals surface area contributed by atoms with Gasteiger partial charge in [-0.2, -0.15) is 11.8 Å². The number of rotatable bonds is 6. The van der Waals surface area contributed by atoms with Crippen molar-refractivity contribution in [1.29, 1.82) is 0 Å². The lowest BCUT2D eigenvalue weighted by atomic mass is 10.1. The van der Waals surface area contributed by atoms with E-state index in [0.717, 1.165) is 6.42 Å². The van der Waals surface area contributed by atoms with Crippen LogP contribution in [0.3, 0.4) is 0 Å². The van der Waals surface area contributed by atoms with Gasteiger partial charge in [-0.1, -0.05) is 6.92 Å². The maximum Gasteiger partial charge on any atom is 0.150 e. The summed E-state index contributed by atoms with van der Waals surface area (Å²) in [4.78, 5) is 0.